The van der Waals surface area contributed by atoms with Crippen molar-refractivity contribution in [1.82, 2.24) is 19.9 Å². The second-order valence-electron chi connectivity index (χ2n) is 5.63. The summed E-state index contributed by atoms with van der Waals surface area (Å²) in [6.45, 7) is 2.79. The number of pyridine rings is 1. The number of rotatable bonds is 4. The summed E-state index contributed by atoms with van der Waals surface area (Å²) in [7, 11) is 2.15. The van der Waals surface area contributed by atoms with E-state index in [4.69, 9.17) is 11.6 Å². The molecule has 1 aliphatic rings. The third-order valence-electron chi connectivity index (χ3n) is 4.20. The topological polar surface area (TPSA) is 45.2 Å². The molecule has 3 rings (SSSR count). The molecule has 5 nitrogen and oxygen atoms in total. The lowest BCUT2D eigenvalue weighted by Crippen LogP contribution is -2.43. The van der Waals surface area contributed by atoms with Gasteiger partial charge in [-0.3, -0.25) is 14.9 Å². The molecule has 0 atom stereocenters. The van der Waals surface area contributed by atoms with Gasteiger partial charge >= 0.3 is 0 Å². The molecule has 0 aliphatic carbocycles. The van der Waals surface area contributed by atoms with Gasteiger partial charge in [-0.1, -0.05) is 11.6 Å². The highest BCUT2D eigenvalue weighted by Crippen LogP contribution is 2.22. The van der Waals surface area contributed by atoms with Crippen molar-refractivity contribution in [3.8, 4) is 0 Å². The molecule has 0 bridgehead atoms. The molecular formula is C16H20ClN5. The van der Waals surface area contributed by atoms with Gasteiger partial charge in [0.1, 0.15) is 5.82 Å². The molecule has 2 aromatic rings. The molecule has 0 saturated carbocycles. The lowest BCUT2D eigenvalue weighted by Gasteiger charge is -2.37. The zero-order chi connectivity index (χ0) is 15.4. The fourth-order valence-electron chi connectivity index (χ4n) is 2.89. The number of hydrogen-bond donors (Lipinski definition) is 0. The average molecular weight is 318 g/mol. The average Bonchev–Trinajstić information content (AvgIpc) is 2.58. The Bertz CT molecular complexity index is 598. The fraction of sp³-hybridized carbons (Fsp3) is 0.438. The summed E-state index contributed by atoms with van der Waals surface area (Å²) in [5, 5.41) is 0.742. The van der Waals surface area contributed by atoms with Crippen LogP contribution in [0.2, 0.25) is 5.02 Å². The first-order valence-electron chi connectivity index (χ1n) is 7.54. The van der Waals surface area contributed by atoms with Gasteiger partial charge in [0.05, 0.1) is 16.9 Å². The van der Waals surface area contributed by atoms with E-state index in [-0.39, 0.29) is 0 Å². The Balaban J connectivity index is 1.56. The summed E-state index contributed by atoms with van der Waals surface area (Å²) in [5.41, 5.74) is 0.947. The predicted octanol–water partition coefficient (Wildman–Crippen LogP) is 2.63. The molecule has 22 heavy (non-hydrogen) atoms. The Kier molecular flexibility index (Phi) is 4.85. The molecule has 0 unspecified atom stereocenters. The van der Waals surface area contributed by atoms with Gasteiger partial charge in [0.2, 0.25) is 0 Å². The molecule has 0 aromatic carbocycles. The van der Waals surface area contributed by atoms with E-state index in [2.05, 4.69) is 31.8 Å². The van der Waals surface area contributed by atoms with Gasteiger partial charge < -0.3 is 4.90 Å². The second kappa shape index (κ2) is 7.03. The second-order valence-corrected chi connectivity index (χ2v) is 6.04. The first-order valence-corrected chi connectivity index (χ1v) is 7.92. The molecular weight excluding hydrogens is 298 g/mol. The van der Waals surface area contributed by atoms with Crippen LogP contribution >= 0.6 is 11.6 Å². The van der Waals surface area contributed by atoms with Gasteiger partial charge in [0, 0.05) is 44.3 Å². The number of aromatic nitrogens is 3. The van der Waals surface area contributed by atoms with E-state index in [1.54, 1.807) is 18.6 Å². The van der Waals surface area contributed by atoms with Gasteiger partial charge in [-0.25, -0.2) is 4.98 Å². The minimum Gasteiger partial charge on any atom is -0.355 e. The van der Waals surface area contributed by atoms with Gasteiger partial charge in [0.25, 0.3) is 0 Å². The monoisotopic (exact) mass is 317 g/mol. The van der Waals surface area contributed by atoms with Crippen molar-refractivity contribution in [2.45, 2.75) is 25.4 Å². The first kappa shape index (κ1) is 15.2. The minimum absolute atomic E-state index is 0.547. The molecule has 1 fully saturated rings. The summed E-state index contributed by atoms with van der Waals surface area (Å²) in [6, 6.07) is 4.31. The van der Waals surface area contributed by atoms with E-state index in [0.717, 1.165) is 49.0 Å². The Morgan fingerprint density at radius 2 is 2.05 bits per heavy atom. The van der Waals surface area contributed by atoms with Crippen molar-refractivity contribution in [2.24, 2.45) is 0 Å². The molecule has 0 N–H and O–H groups in total. The normalized spacial score (nSPS) is 16.2. The van der Waals surface area contributed by atoms with Crippen molar-refractivity contribution < 1.29 is 0 Å². The van der Waals surface area contributed by atoms with Crippen LogP contribution in [0.1, 0.15) is 18.5 Å². The lowest BCUT2D eigenvalue weighted by molar-refractivity contribution is 0.198. The van der Waals surface area contributed by atoms with Crippen molar-refractivity contribution in [3.63, 3.8) is 0 Å². The summed E-state index contributed by atoms with van der Waals surface area (Å²) in [5.74, 6) is 0.969. The van der Waals surface area contributed by atoms with Crippen LogP contribution in [-0.4, -0.2) is 46.0 Å². The number of nitrogens with zero attached hydrogens (tertiary/aromatic N) is 5. The van der Waals surface area contributed by atoms with Crippen LogP contribution in [0, 0.1) is 0 Å². The SMILES string of the molecule is CN(Cc1ncccc1Cl)C1CCN(c2cnccn2)CC1. The van der Waals surface area contributed by atoms with E-state index in [1.807, 2.05) is 18.3 Å². The van der Waals surface area contributed by atoms with Gasteiger partial charge in [-0.2, -0.15) is 0 Å². The van der Waals surface area contributed by atoms with Crippen LogP contribution in [-0.2, 0) is 6.54 Å². The van der Waals surface area contributed by atoms with Crippen LogP contribution in [0.5, 0.6) is 0 Å². The molecule has 6 heteroatoms. The van der Waals surface area contributed by atoms with Crippen molar-refractivity contribution in [2.75, 3.05) is 25.0 Å². The predicted molar refractivity (Wildman–Crippen MR) is 88.0 cm³/mol. The van der Waals surface area contributed by atoms with E-state index in [0.29, 0.717) is 6.04 Å². The van der Waals surface area contributed by atoms with E-state index in [9.17, 15) is 0 Å². The molecule has 0 radical (unpaired) electrons. The summed E-state index contributed by atoms with van der Waals surface area (Å²) < 4.78 is 0. The standard InChI is InChI=1S/C16H20ClN5/c1-21(12-15-14(17)3-2-6-19-15)13-4-9-22(10-5-13)16-11-18-7-8-20-16/h2-3,6-8,11,13H,4-5,9-10,12H2,1H3. The van der Waals surface area contributed by atoms with Gasteiger partial charge in [-0.05, 0) is 32.0 Å². The minimum atomic E-state index is 0.547. The molecule has 1 aliphatic heterocycles. The highest BCUT2D eigenvalue weighted by atomic mass is 35.5. The number of anilines is 1. The van der Waals surface area contributed by atoms with Crippen molar-refractivity contribution in [3.05, 3.63) is 47.6 Å². The third kappa shape index (κ3) is 3.54. The van der Waals surface area contributed by atoms with E-state index in [1.165, 1.54) is 0 Å². The Labute approximate surface area is 136 Å². The lowest BCUT2D eigenvalue weighted by atomic mass is 10.0. The Morgan fingerprint density at radius 3 is 2.73 bits per heavy atom. The zero-order valence-electron chi connectivity index (χ0n) is 12.7. The molecule has 1 saturated heterocycles. The highest BCUT2D eigenvalue weighted by molar-refractivity contribution is 6.31. The van der Waals surface area contributed by atoms with Gasteiger partial charge in [-0.15, -0.1) is 0 Å². The fourth-order valence-corrected chi connectivity index (χ4v) is 3.07. The summed E-state index contributed by atoms with van der Waals surface area (Å²) in [4.78, 5) is 17.5. The molecule has 2 aromatic heterocycles. The molecule has 3 heterocycles. The zero-order valence-corrected chi connectivity index (χ0v) is 13.4. The van der Waals surface area contributed by atoms with E-state index >= 15 is 0 Å². The number of hydrogen-bond acceptors (Lipinski definition) is 5. The van der Waals surface area contributed by atoms with Crippen LogP contribution in [0.4, 0.5) is 5.82 Å². The summed E-state index contributed by atoms with van der Waals surface area (Å²) >= 11 is 6.20. The molecule has 116 valence electrons. The molecule has 0 spiro atoms. The highest BCUT2D eigenvalue weighted by Gasteiger charge is 2.23. The maximum atomic E-state index is 6.20. The molecule has 0 amide bonds. The number of halogens is 1. The first-order chi connectivity index (χ1) is 10.7. The Hall–Kier alpha value is -1.72. The largest absolute Gasteiger partial charge is 0.355 e. The van der Waals surface area contributed by atoms with Crippen molar-refractivity contribution in [1.29, 1.82) is 0 Å². The van der Waals surface area contributed by atoms with Crippen LogP contribution in [0.3, 0.4) is 0 Å². The third-order valence-corrected chi connectivity index (χ3v) is 4.54. The quantitative estimate of drug-likeness (QED) is 0.867. The summed E-state index contributed by atoms with van der Waals surface area (Å²) in [6.07, 6.45) is 9.30. The maximum absolute atomic E-state index is 6.20. The van der Waals surface area contributed by atoms with Crippen LogP contribution < -0.4 is 4.90 Å². The van der Waals surface area contributed by atoms with Crippen LogP contribution in [0.25, 0.3) is 0 Å². The van der Waals surface area contributed by atoms with Crippen LogP contribution in [0.15, 0.2) is 36.9 Å². The van der Waals surface area contributed by atoms with Gasteiger partial charge in [0.15, 0.2) is 0 Å². The number of piperidine rings is 1. The smallest absolute Gasteiger partial charge is 0.147 e. The van der Waals surface area contributed by atoms with Crippen molar-refractivity contribution >= 4 is 17.4 Å². The maximum Gasteiger partial charge on any atom is 0.147 e. The Morgan fingerprint density at radius 1 is 1.23 bits per heavy atom. The van der Waals surface area contributed by atoms with E-state index < -0.39 is 0 Å².